The van der Waals surface area contributed by atoms with Crippen molar-refractivity contribution in [3.63, 3.8) is 0 Å². The average Bonchev–Trinajstić information content (AvgIpc) is 2.47. The van der Waals surface area contributed by atoms with Crippen molar-refractivity contribution in [2.45, 2.75) is 12.8 Å². The zero-order valence-corrected chi connectivity index (χ0v) is 10.7. The minimum Gasteiger partial charge on any atom is -0.392 e. The number of aromatic nitrogens is 1. The Morgan fingerprint density at radius 2 is 1.81 bits per heavy atom. The molecule has 0 saturated carbocycles. The third-order valence-corrected chi connectivity index (χ3v) is 2.71. The Hall–Kier alpha value is -2.41. The molecular formula is C14H11F3N2O2. The normalized spacial score (nSPS) is 11.2. The lowest BCUT2D eigenvalue weighted by Gasteiger charge is -2.08. The van der Waals surface area contributed by atoms with Crippen LogP contribution in [0.5, 0.6) is 0 Å². The number of nitrogens with zero attached hydrogens (tertiary/aromatic N) is 1. The first-order chi connectivity index (χ1) is 9.90. The van der Waals surface area contributed by atoms with Crippen molar-refractivity contribution in [3.05, 3.63) is 59.4 Å². The number of nitrogens with one attached hydrogen (secondary N) is 1. The van der Waals surface area contributed by atoms with E-state index >= 15 is 0 Å². The molecule has 1 aromatic heterocycles. The summed E-state index contributed by atoms with van der Waals surface area (Å²) in [7, 11) is 0. The maximum absolute atomic E-state index is 12.4. The SMILES string of the molecule is O=C(Nc1ccc(C(F)(F)F)cc1)c1ccc(CO)cn1. The molecule has 21 heavy (non-hydrogen) atoms. The molecule has 0 saturated heterocycles. The zero-order valence-electron chi connectivity index (χ0n) is 10.7. The number of hydrogen-bond acceptors (Lipinski definition) is 3. The van der Waals surface area contributed by atoms with Crippen LogP contribution in [0.2, 0.25) is 0 Å². The predicted molar refractivity (Wildman–Crippen MR) is 69.6 cm³/mol. The molecule has 7 heteroatoms. The minimum absolute atomic E-state index is 0.104. The van der Waals surface area contributed by atoms with E-state index in [2.05, 4.69) is 10.3 Å². The first-order valence-electron chi connectivity index (χ1n) is 5.94. The summed E-state index contributed by atoms with van der Waals surface area (Å²) in [5.41, 5.74) is 0.111. The van der Waals surface area contributed by atoms with Gasteiger partial charge >= 0.3 is 6.18 Å². The fourth-order valence-electron chi connectivity index (χ4n) is 1.59. The summed E-state index contributed by atoms with van der Waals surface area (Å²) in [4.78, 5) is 15.7. The van der Waals surface area contributed by atoms with Crippen molar-refractivity contribution in [1.29, 1.82) is 0 Å². The molecule has 1 amide bonds. The van der Waals surface area contributed by atoms with Gasteiger partial charge in [-0.1, -0.05) is 6.07 Å². The Balaban J connectivity index is 2.08. The molecule has 4 nitrogen and oxygen atoms in total. The average molecular weight is 296 g/mol. The van der Waals surface area contributed by atoms with Crippen LogP contribution in [0.15, 0.2) is 42.6 Å². The van der Waals surface area contributed by atoms with Gasteiger partial charge in [0.15, 0.2) is 0 Å². The maximum atomic E-state index is 12.4. The van der Waals surface area contributed by atoms with Crippen molar-refractivity contribution in [1.82, 2.24) is 4.98 Å². The van der Waals surface area contributed by atoms with Crippen LogP contribution >= 0.6 is 0 Å². The van der Waals surface area contributed by atoms with Crippen molar-refractivity contribution in [3.8, 4) is 0 Å². The van der Waals surface area contributed by atoms with E-state index < -0.39 is 17.6 Å². The minimum atomic E-state index is -4.41. The number of benzene rings is 1. The van der Waals surface area contributed by atoms with Crippen LogP contribution in [-0.4, -0.2) is 16.0 Å². The molecule has 0 aliphatic carbocycles. The Morgan fingerprint density at radius 1 is 1.14 bits per heavy atom. The number of amides is 1. The molecule has 0 atom stereocenters. The van der Waals surface area contributed by atoms with Crippen LogP contribution in [0.1, 0.15) is 21.6 Å². The van der Waals surface area contributed by atoms with Gasteiger partial charge in [-0.25, -0.2) is 0 Å². The van der Waals surface area contributed by atoms with Crippen molar-refractivity contribution in [2.24, 2.45) is 0 Å². The summed E-state index contributed by atoms with van der Waals surface area (Å²) in [5, 5.41) is 11.3. The topological polar surface area (TPSA) is 62.2 Å². The van der Waals surface area contributed by atoms with E-state index in [1.54, 1.807) is 0 Å². The molecule has 0 bridgehead atoms. The first-order valence-corrected chi connectivity index (χ1v) is 5.94. The largest absolute Gasteiger partial charge is 0.416 e. The predicted octanol–water partition coefficient (Wildman–Crippen LogP) is 2.85. The van der Waals surface area contributed by atoms with Gasteiger partial charge in [0.1, 0.15) is 5.69 Å². The van der Waals surface area contributed by atoms with Gasteiger partial charge in [0.2, 0.25) is 0 Å². The molecule has 0 fully saturated rings. The fourth-order valence-corrected chi connectivity index (χ4v) is 1.59. The van der Waals surface area contributed by atoms with Crippen LogP contribution in [0.25, 0.3) is 0 Å². The summed E-state index contributed by atoms with van der Waals surface area (Å²) in [6.07, 6.45) is -3.06. The number of halogens is 3. The third-order valence-electron chi connectivity index (χ3n) is 2.71. The number of aliphatic hydroxyl groups excluding tert-OH is 1. The Bertz CT molecular complexity index is 622. The molecule has 0 unspecified atom stereocenters. The molecule has 0 aliphatic rings. The van der Waals surface area contributed by atoms with Gasteiger partial charge in [-0.3, -0.25) is 9.78 Å². The number of carbonyl (C=O) groups is 1. The second kappa shape index (κ2) is 5.92. The number of hydrogen-bond donors (Lipinski definition) is 2. The lowest BCUT2D eigenvalue weighted by molar-refractivity contribution is -0.137. The number of carbonyl (C=O) groups excluding carboxylic acids is 1. The highest BCUT2D eigenvalue weighted by molar-refractivity contribution is 6.02. The molecule has 2 aromatic rings. The number of anilines is 1. The quantitative estimate of drug-likeness (QED) is 0.915. The van der Waals surface area contributed by atoms with Crippen molar-refractivity contribution < 1.29 is 23.1 Å². The highest BCUT2D eigenvalue weighted by atomic mass is 19.4. The van der Waals surface area contributed by atoms with Gasteiger partial charge in [-0.05, 0) is 35.9 Å². The van der Waals surface area contributed by atoms with E-state index in [0.717, 1.165) is 12.1 Å². The summed E-state index contributed by atoms with van der Waals surface area (Å²) in [5.74, 6) is -0.542. The van der Waals surface area contributed by atoms with E-state index in [1.165, 1.54) is 30.5 Å². The van der Waals surface area contributed by atoms with E-state index in [-0.39, 0.29) is 18.0 Å². The van der Waals surface area contributed by atoms with E-state index in [1.807, 2.05) is 0 Å². The monoisotopic (exact) mass is 296 g/mol. The highest BCUT2D eigenvalue weighted by Gasteiger charge is 2.29. The zero-order chi connectivity index (χ0) is 15.5. The lowest BCUT2D eigenvalue weighted by atomic mass is 10.2. The van der Waals surface area contributed by atoms with Gasteiger partial charge in [-0.2, -0.15) is 13.2 Å². The van der Waals surface area contributed by atoms with Crippen LogP contribution in [0.3, 0.4) is 0 Å². The maximum Gasteiger partial charge on any atom is 0.416 e. The summed E-state index contributed by atoms with van der Waals surface area (Å²) in [6, 6.07) is 7.07. The summed E-state index contributed by atoms with van der Waals surface area (Å²) in [6.45, 7) is -0.187. The Morgan fingerprint density at radius 3 is 2.29 bits per heavy atom. The third kappa shape index (κ3) is 3.79. The van der Waals surface area contributed by atoms with E-state index in [9.17, 15) is 18.0 Å². The van der Waals surface area contributed by atoms with Gasteiger partial charge in [0, 0.05) is 11.9 Å². The molecule has 2 rings (SSSR count). The summed E-state index contributed by atoms with van der Waals surface area (Å²) < 4.78 is 37.2. The number of aliphatic hydroxyl groups is 1. The Labute approximate surface area is 118 Å². The molecular weight excluding hydrogens is 285 g/mol. The molecule has 1 heterocycles. The number of rotatable bonds is 3. The lowest BCUT2D eigenvalue weighted by Crippen LogP contribution is -2.14. The van der Waals surface area contributed by atoms with Crippen molar-refractivity contribution >= 4 is 11.6 Å². The highest BCUT2D eigenvalue weighted by Crippen LogP contribution is 2.29. The van der Waals surface area contributed by atoms with Gasteiger partial charge in [-0.15, -0.1) is 0 Å². The van der Waals surface area contributed by atoms with E-state index in [0.29, 0.717) is 5.56 Å². The second-order valence-corrected chi connectivity index (χ2v) is 4.24. The van der Waals surface area contributed by atoms with Gasteiger partial charge in [0.25, 0.3) is 5.91 Å². The van der Waals surface area contributed by atoms with Crippen LogP contribution in [0, 0.1) is 0 Å². The molecule has 110 valence electrons. The van der Waals surface area contributed by atoms with Crippen molar-refractivity contribution in [2.75, 3.05) is 5.32 Å². The molecule has 2 N–H and O–H groups in total. The smallest absolute Gasteiger partial charge is 0.392 e. The fraction of sp³-hybridized carbons (Fsp3) is 0.143. The molecule has 0 radical (unpaired) electrons. The van der Waals surface area contributed by atoms with Gasteiger partial charge in [0.05, 0.1) is 12.2 Å². The van der Waals surface area contributed by atoms with Crippen LogP contribution < -0.4 is 5.32 Å². The Kier molecular flexibility index (Phi) is 4.23. The second-order valence-electron chi connectivity index (χ2n) is 4.24. The molecule has 0 aliphatic heterocycles. The van der Waals surface area contributed by atoms with Gasteiger partial charge < -0.3 is 10.4 Å². The summed E-state index contributed by atoms with van der Waals surface area (Å²) >= 11 is 0. The number of alkyl halides is 3. The molecule has 1 aromatic carbocycles. The standard InChI is InChI=1S/C14H11F3N2O2/c15-14(16,17)10-2-4-11(5-3-10)19-13(21)12-6-1-9(8-20)7-18-12/h1-7,20H,8H2,(H,19,21). The van der Waals surface area contributed by atoms with Crippen LogP contribution in [0.4, 0.5) is 18.9 Å². The first kappa shape index (κ1) is 15.0. The van der Waals surface area contributed by atoms with Crippen LogP contribution in [-0.2, 0) is 12.8 Å². The van der Waals surface area contributed by atoms with E-state index in [4.69, 9.17) is 5.11 Å². The molecule has 0 spiro atoms. The number of pyridine rings is 1.